The van der Waals surface area contributed by atoms with E-state index in [0.717, 1.165) is 0 Å². The first-order valence-corrected chi connectivity index (χ1v) is 6.52. The van der Waals surface area contributed by atoms with Crippen molar-refractivity contribution in [2.45, 2.75) is 26.3 Å². The molecule has 2 N–H and O–H groups in total. The van der Waals surface area contributed by atoms with E-state index < -0.39 is 0 Å². The van der Waals surface area contributed by atoms with E-state index in [0.29, 0.717) is 13.2 Å². The standard InChI is InChI=1S/C13H27N3O3/c1-10(2)11(14)8-12(17)16(6-7-19-5)9-13(18)15(3)4/h10-11H,6-9,14H2,1-5H3. The monoisotopic (exact) mass is 273 g/mol. The van der Waals surface area contributed by atoms with Crippen molar-refractivity contribution in [2.75, 3.05) is 40.9 Å². The molecule has 0 aromatic rings. The highest BCUT2D eigenvalue weighted by atomic mass is 16.5. The molecule has 112 valence electrons. The number of carbonyl (C=O) groups is 2. The molecular formula is C13H27N3O3. The van der Waals surface area contributed by atoms with Crippen LogP contribution in [0.3, 0.4) is 0 Å². The number of amides is 2. The molecule has 1 unspecified atom stereocenters. The number of nitrogens with zero attached hydrogens (tertiary/aromatic N) is 2. The Morgan fingerprint density at radius 1 is 1.21 bits per heavy atom. The van der Waals surface area contributed by atoms with E-state index in [-0.39, 0.29) is 36.7 Å². The molecule has 0 aromatic heterocycles. The van der Waals surface area contributed by atoms with E-state index in [2.05, 4.69) is 0 Å². The van der Waals surface area contributed by atoms with Crippen LogP contribution in [0.15, 0.2) is 0 Å². The Hall–Kier alpha value is -1.14. The molecule has 0 saturated heterocycles. The average molecular weight is 273 g/mol. The zero-order chi connectivity index (χ0) is 15.0. The minimum Gasteiger partial charge on any atom is -0.383 e. The van der Waals surface area contributed by atoms with Gasteiger partial charge >= 0.3 is 0 Å². The van der Waals surface area contributed by atoms with Crippen LogP contribution in [0.5, 0.6) is 0 Å². The van der Waals surface area contributed by atoms with Crippen molar-refractivity contribution in [2.24, 2.45) is 11.7 Å². The lowest BCUT2D eigenvalue weighted by atomic mass is 10.0. The van der Waals surface area contributed by atoms with Crippen molar-refractivity contribution in [3.8, 4) is 0 Å². The predicted molar refractivity (Wildman–Crippen MR) is 74.6 cm³/mol. The lowest BCUT2D eigenvalue weighted by Crippen LogP contribution is -2.44. The molecule has 0 heterocycles. The van der Waals surface area contributed by atoms with Gasteiger partial charge in [-0.15, -0.1) is 0 Å². The Kier molecular flexibility index (Phi) is 8.34. The maximum Gasteiger partial charge on any atom is 0.241 e. The number of carbonyl (C=O) groups excluding carboxylic acids is 2. The summed E-state index contributed by atoms with van der Waals surface area (Å²) in [4.78, 5) is 26.8. The second kappa shape index (κ2) is 8.87. The maximum atomic E-state index is 12.1. The van der Waals surface area contributed by atoms with Crippen LogP contribution in [0.25, 0.3) is 0 Å². The fourth-order valence-corrected chi connectivity index (χ4v) is 1.36. The van der Waals surface area contributed by atoms with Crippen LogP contribution in [0, 0.1) is 5.92 Å². The lowest BCUT2D eigenvalue weighted by molar-refractivity contribution is -0.140. The molecule has 6 nitrogen and oxygen atoms in total. The van der Waals surface area contributed by atoms with Crippen molar-refractivity contribution in [3.63, 3.8) is 0 Å². The summed E-state index contributed by atoms with van der Waals surface area (Å²) in [5, 5.41) is 0. The average Bonchev–Trinajstić information content (AvgIpc) is 2.33. The normalized spacial score (nSPS) is 12.4. The summed E-state index contributed by atoms with van der Waals surface area (Å²) in [6.07, 6.45) is 0.252. The van der Waals surface area contributed by atoms with Crippen LogP contribution in [-0.4, -0.2) is 68.6 Å². The van der Waals surface area contributed by atoms with Crippen molar-refractivity contribution in [1.29, 1.82) is 0 Å². The van der Waals surface area contributed by atoms with Crippen molar-refractivity contribution >= 4 is 11.8 Å². The van der Waals surface area contributed by atoms with E-state index in [4.69, 9.17) is 10.5 Å². The van der Waals surface area contributed by atoms with Gasteiger partial charge in [0.05, 0.1) is 13.2 Å². The first-order valence-electron chi connectivity index (χ1n) is 6.52. The number of rotatable bonds is 8. The van der Waals surface area contributed by atoms with Gasteiger partial charge in [0.1, 0.15) is 0 Å². The summed E-state index contributed by atoms with van der Waals surface area (Å²) in [5.41, 5.74) is 5.90. The summed E-state index contributed by atoms with van der Waals surface area (Å²) >= 11 is 0. The summed E-state index contributed by atoms with van der Waals surface area (Å²) in [7, 11) is 4.90. The SMILES string of the molecule is COCCN(CC(=O)N(C)C)C(=O)CC(N)C(C)C. The smallest absolute Gasteiger partial charge is 0.241 e. The Morgan fingerprint density at radius 3 is 2.21 bits per heavy atom. The molecule has 0 aliphatic carbocycles. The van der Waals surface area contributed by atoms with Gasteiger partial charge in [-0.3, -0.25) is 9.59 Å². The molecule has 19 heavy (non-hydrogen) atoms. The highest BCUT2D eigenvalue weighted by molar-refractivity contribution is 5.84. The molecule has 0 saturated carbocycles. The van der Waals surface area contributed by atoms with Crippen LogP contribution in [-0.2, 0) is 14.3 Å². The van der Waals surface area contributed by atoms with E-state index in [1.54, 1.807) is 21.2 Å². The van der Waals surface area contributed by atoms with Gasteiger partial charge in [-0.25, -0.2) is 0 Å². The number of hydrogen-bond donors (Lipinski definition) is 1. The van der Waals surface area contributed by atoms with Crippen LogP contribution in [0.2, 0.25) is 0 Å². The van der Waals surface area contributed by atoms with E-state index in [1.165, 1.54) is 9.80 Å². The Morgan fingerprint density at radius 2 is 1.79 bits per heavy atom. The topological polar surface area (TPSA) is 75.9 Å². The van der Waals surface area contributed by atoms with Crippen molar-refractivity contribution < 1.29 is 14.3 Å². The maximum absolute atomic E-state index is 12.1. The van der Waals surface area contributed by atoms with Crippen molar-refractivity contribution in [3.05, 3.63) is 0 Å². The summed E-state index contributed by atoms with van der Waals surface area (Å²) in [6.45, 7) is 4.83. The molecule has 0 fully saturated rings. The quantitative estimate of drug-likeness (QED) is 0.671. The molecule has 0 aromatic carbocycles. The Bertz CT molecular complexity index is 293. The van der Waals surface area contributed by atoms with Gasteiger partial charge in [-0.1, -0.05) is 13.8 Å². The summed E-state index contributed by atoms with van der Waals surface area (Å²) in [5.74, 6) is 0.0220. The third kappa shape index (κ3) is 7.12. The predicted octanol–water partition coefficient (Wildman–Crippen LogP) is -0.0770. The fourth-order valence-electron chi connectivity index (χ4n) is 1.36. The first kappa shape index (κ1) is 17.9. The molecule has 0 aliphatic rings. The highest BCUT2D eigenvalue weighted by Crippen LogP contribution is 2.06. The lowest BCUT2D eigenvalue weighted by Gasteiger charge is -2.25. The van der Waals surface area contributed by atoms with Gasteiger partial charge in [0, 0.05) is 40.2 Å². The molecule has 0 bridgehead atoms. The molecule has 1 atom stereocenters. The van der Waals surface area contributed by atoms with E-state index in [9.17, 15) is 9.59 Å². The van der Waals surface area contributed by atoms with Crippen LogP contribution in [0.1, 0.15) is 20.3 Å². The minimum absolute atomic E-state index is 0.0695. The molecule has 0 spiro atoms. The zero-order valence-corrected chi connectivity index (χ0v) is 12.7. The van der Waals surface area contributed by atoms with Gasteiger partial charge in [-0.2, -0.15) is 0 Å². The molecule has 0 rings (SSSR count). The first-order chi connectivity index (χ1) is 8.79. The fraction of sp³-hybridized carbons (Fsp3) is 0.846. The zero-order valence-electron chi connectivity index (χ0n) is 12.7. The van der Waals surface area contributed by atoms with Crippen LogP contribution >= 0.6 is 0 Å². The highest BCUT2D eigenvalue weighted by Gasteiger charge is 2.21. The Balaban J connectivity index is 4.55. The number of hydrogen-bond acceptors (Lipinski definition) is 4. The third-order valence-corrected chi connectivity index (χ3v) is 3.01. The van der Waals surface area contributed by atoms with Gasteiger partial charge in [0.2, 0.25) is 11.8 Å². The van der Waals surface area contributed by atoms with E-state index in [1.807, 2.05) is 13.8 Å². The largest absolute Gasteiger partial charge is 0.383 e. The van der Waals surface area contributed by atoms with Gasteiger partial charge in [0.15, 0.2) is 0 Å². The molecule has 6 heteroatoms. The number of likely N-dealkylation sites (N-methyl/N-ethyl adjacent to an activating group) is 1. The minimum atomic E-state index is -0.188. The second-order valence-corrected chi connectivity index (χ2v) is 5.21. The number of methoxy groups -OCH3 is 1. The van der Waals surface area contributed by atoms with Gasteiger partial charge < -0.3 is 20.3 Å². The molecule has 0 radical (unpaired) electrons. The third-order valence-electron chi connectivity index (χ3n) is 3.01. The Labute approximate surface area is 115 Å². The molecular weight excluding hydrogens is 246 g/mol. The van der Waals surface area contributed by atoms with Gasteiger partial charge in [-0.05, 0) is 5.92 Å². The van der Waals surface area contributed by atoms with E-state index >= 15 is 0 Å². The van der Waals surface area contributed by atoms with Gasteiger partial charge in [0.25, 0.3) is 0 Å². The summed E-state index contributed by atoms with van der Waals surface area (Å²) in [6, 6.07) is -0.188. The van der Waals surface area contributed by atoms with Crippen molar-refractivity contribution in [1.82, 2.24) is 9.80 Å². The summed E-state index contributed by atoms with van der Waals surface area (Å²) < 4.78 is 4.97. The molecule has 2 amide bonds. The number of nitrogens with two attached hydrogens (primary N) is 1. The second-order valence-electron chi connectivity index (χ2n) is 5.21. The van der Waals surface area contributed by atoms with Crippen LogP contribution in [0.4, 0.5) is 0 Å². The van der Waals surface area contributed by atoms with Crippen LogP contribution < -0.4 is 5.73 Å². The molecule has 0 aliphatic heterocycles. The number of ether oxygens (including phenoxy) is 1.